The van der Waals surface area contributed by atoms with E-state index in [-0.39, 0.29) is 12.8 Å². The van der Waals surface area contributed by atoms with Crippen molar-refractivity contribution in [3.8, 4) is 0 Å². The van der Waals surface area contributed by atoms with Crippen LogP contribution in [0.3, 0.4) is 0 Å². The van der Waals surface area contributed by atoms with E-state index < -0.39 is 7.60 Å². The van der Waals surface area contributed by atoms with E-state index in [1.807, 2.05) is 0 Å². The van der Waals surface area contributed by atoms with Crippen molar-refractivity contribution in [2.45, 2.75) is 6.92 Å². The van der Waals surface area contributed by atoms with Crippen LogP contribution >= 0.6 is 7.60 Å². The molecule has 0 aromatic heterocycles. The van der Waals surface area contributed by atoms with Crippen molar-refractivity contribution in [3.05, 3.63) is 0 Å². The molecule has 0 radical (unpaired) electrons. The molecule has 0 spiro atoms. The minimum Gasteiger partial charge on any atom is -0.411 e. The van der Waals surface area contributed by atoms with Gasteiger partial charge in [0, 0.05) is 0 Å². The zero-order valence-corrected chi connectivity index (χ0v) is 6.49. The van der Waals surface area contributed by atoms with Gasteiger partial charge in [0.1, 0.15) is 0 Å². The summed E-state index contributed by atoms with van der Waals surface area (Å²) in [6.45, 7) is 1.78. The first-order valence-corrected chi connectivity index (χ1v) is 4.51. The summed E-state index contributed by atoms with van der Waals surface area (Å²) in [5.74, 6) is 0. The highest BCUT2D eigenvalue weighted by Gasteiger charge is 2.15. The lowest BCUT2D eigenvalue weighted by Gasteiger charge is -2.05. The minimum atomic E-state index is -3.52. The van der Waals surface area contributed by atoms with Crippen molar-refractivity contribution >= 4 is 13.8 Å². The van der Waals surface area contributed by atoms with Crippen LogP contribution in [0.2, 0.25) is 0 Å². The van der Waals surface area contributed by atoms with Crippen LogP contribution in [0.4, 0.5) is 0 Å². The highest BCUT2D eigenvalue weighted by atomic mass is 31.2. The summed E-state index contributed by atoms with van der Waals surface area (Å²) in [4.78, 5) is 8.78. The molecule has 10 heavy (non-hydrogen) atoms. The molecule has 0 fully saturated rings. The Morgan fingerprint density at radius 3 is 2.80 bits per heavy atom. The quantitative estimate of drug-likeness (QED) is 0.279. The largest absolute Gasteiger partial charge is 0.411 e. The summed E-state index contributed by atoms with van der Waals surface area (Å²) in [5, 5.41) is 10.4. The number of oxime groups is 1. The van der Waals surface area contributed by atoms with Crippen LogP contribution in [0.15, 0.2) is 5.16 Å². The van der Waals surface area contributed by atoms with E-state index in [0.717, 1.165) is 6.21 Å². The number of rotatable bonds is 4. The molecule has 0 heterocycles. The maximum atomic E-state index is 10.7. The van der Waals surface area contributed by atoms with Gasteiger partial charge in [-0.2, -0.15) is 0 Å². The molecule has 0 aliphatic rings. The molecule has 0 aromatic rings. The summed E-state index contributed by atoms with van der Waals surface area (Å²) < 4.78 is 15.1. The van der Waals surface area contributed by atoms with E-state index in [2.05, 4.69) is 9.68 Å². The average molecular weight is 167 g/mol. The molecule has 0 rings (SSSR count). The Morgan fingerprint density at radius 2 is 2.40 bits per heavy atom. The number of hydrogen-bond donors (Lipinski definition) is 2. The normalized spacial score (nSPS) is 17.4. The molecule has 0 saturated heterocycles. The molecule has 5 nitrogen and oxygen atoms in total. The van der Waals surface area contributed by atoms with Gasteiger partial charge in [-0.3, -0.25) is 4.57 Å². The molecule has 0 bridgehead atoms. The maximum Gasteiger partial charge on any atom is 0.333 e. The Kier molecular flexibility index (Phi) is 4.27. The maximum absolute atomic E-state index is 10.7. The monoisotopic (exact) mass is 167 g/mol. The first-order chi connectivity index (χ1) is 4.62. The van der Waals surface area contributed by atoms with Crippen molar-refractivity contribution in [2.75, 3.05) is 12.8 Å². The molecule has 0 aliphatic carbocycles. The van der Waals surface area contributed by atoms with Crippen LogP contribution in [-0.2, 0) is 9.09 Å². The van der Waals surface area contributed by atoms with Crippen LogP contribution in [0.25, 0.3) is 0 Å². The van der Waals surface area contributed by atoms with E-state index in [4.69, 9.17) is 10.1 Å². The van der Waals surface area contributed by atoms with Gasteiger partial charge in [-0.25, -0.2) is 0 Å². The average Bonchev–Trinajstić information content (AvgIpc) is 1.84. The van der Waals surface area contributed by atoms with E-state index >= 15 is 0 Å². The summed E-state index contributed by atoms with van der Waals surface area (Å²) in [6.07, 6.45) is 0.674. The molecule has 0 amide bonds. The number of hydrogen-bond acceptors (Lipinski definition) is 4. The Morgan fingerprint density at radius 1 is 1.80 bits per heavy atom. The van der Waals surface area contributed by atoms with E-state index in [9.17, 15) is 4.57 Å². The third-order valence-corrected chi connectivity index (χ3v) is 2.01. The van der Waals surface area contributed by atoms with Crippen molar-refractivity contribution in [1.29, 1.82) is 0 Å². The summed E-state index contributed by atoms with van der Waals surface area (Å²) in [6, 6.07) is 0. The van der Waals surface area contributed by atoms with E-state index in [0.29, 0.717) is 0 Å². The van der Waals surface area contributed by atoms with Gasteiger partial charge in [0.15, 0.2) is 0 Å². The van der Waals surface area contributed by atoms with Crippen LogP contribution in [0.1, 0.15) is 6.92 Å². The lowest BCUT2D eigenvalue weighted by atomic mass is 10.9. The zero-order chi connectivity index (χ0) is 8.04. The number of nitrogens with zero attached hydrogens (tertiary/aromatic N) is 1. The molecular formula is C4H10NO4P. The van der Waals surface area contributed by atoms with Crippen LogP contribution in [0, 0.1) is 0 Å². The molecule has 0 aromatic carbocycles. The fourth-order valence-corrected chi connectivity index (χ4v) is 1.18. The van der Waals surface area contributed by atoms with Crippen molar-refractivity contribution in [1.82, 2.24) is 0 Å². The molecule has 1 atom stereocenters. The minimum absolute atomic E-state index is 0.174. The molecule has 6 heteroatoms. The smallest absolute Gasteiger partial charge is 0.333 e. The van der Waals surface area contributed by atoms with Crippen LogP contribution in [0.5, 0.6) is 0 Å². The Balaban J connectivity index is 3.75. The molecule has 60 valence electrons. The Bertz CT molecular complexity index is 157. The summed E-state index contributed by atoms with van der Waals surface area (Å²) in [7, 11) is -3.52. The summed E-state index contributed by atoms with van der Waals surface area (Å²) in [5.41, 5.74) is 0. The van der Waals surface area contributed by atoms with Gasteiger partial charge in [-0.1, -0.05) is 0 Å². The SMILES string of the molecule is CCOP(=O)(O)C/C=N\O. The predicted molar refractivity (Wildman–Crippen MR) is 36.6 cm³/mol. The molecule has 0 saturated carbocycles. The zero-order valence-electron chi connectivity index (χ0n) is 5.60. The van der Waals surface area contributed by atoms with Gasteiger partial charge >= 0.3 is 7.60 Å². The second-order valence-electron chi connectivity index (χ2n) is 1.54. The van der Waals surface area contributed by atoms with Gasteiger partial charge in [0.2, 0.25) is 0 Å². The van der Waals surface area contributed by atoms with E-state index in [1.165, 1.54) is 0 Å². The highest BCUT2D eigenvalue weighted by molar-refractivity contribution is 7.53. The second-order valence-corrected chi connectivity index (χ2v) is 3.43. The van der Waals surface area contributed by atoms with Gasteiger partial charge in [-0.05, 0) is 6.92 Å². The predicted octanol–water partition coefficient (Wildman–Crippen LogP) is 0.668. The third kappa shape index (κ3) is 4.49. The van der Waals surface area contributed by atoms with Gasteiger partial charge in [-0.15, -0.1) is 5.16 Å². The first kappa shape index (κ1) is 9.62. The molecule has 1 unspecified atom stereocenters. The van der Waals surface area contributed by atoms with Crippen LogP contribution < -0.4 is 0 Å². The fourth-order valence-electron chi connectivity index (χ4n) is 0.394. The standard InChI is InChI=1S/C4H10NO4P/c1-2-9-10(7,8)4-3-5-6/h3,6H,2,4H2,1H3,(H,7,8)/b5-3-. The van der Waals surface area contributed by atoms with Crippen molar-refractivity contribution < 1.29 is 19.2 Å². The topological polar surface area (TPSA) is 79.1 Å². The van der Waals surface area contributed by atoms with Gasteiger partial charge in [0.05, 0.1) is 19.0 Å². The molecule has 0 aliphatic heterocycles. The molecule has 2 N–H and O–H groups in total. The summed E-state index contributed by atoms with van der Waals surface area (Å²) >= 11 is 0. The first-order valence-electron chi connectivity index (χ1n) is 2.74. The van der Waals surface area contributed by atoms with Crippen molar-refractivity contribution in [2.24, 2.45) is 5.16 Å². The van der Waals surface area contributed by atoms with Crippen molar-refractivity contribution in [3.63, 3.8) is 0 Å². The second kappa shape index (κ2) is 4.44. The lowest BCUT2D eigenvalue weighted by molar-refractivity contribution is 0.276. The molecular weight excluding hydrogens is 157 g/mol. The third-order valence-electron chi connectivity index (χ3n) is 0.725. The lowest BCUT2D eigenvalue weighted by Crippen LogP contribution is -1.94. The van der Waals surface area contributed by atoms with Gasteiger partial charge in [0.25, 0.3) is 0 Å². The Labute approximate surface area is 58.8 Å². The highest BCUT2D eigenvalue weighted by Crippen LogP contribution is 2.40. The Hall–Kier alpha value is -0.380. The van der Waals surface area contributed by atoms with Crippen LogP contribution in [-0.4, -0.2) is 29.1 Å². The van der Waals surface area contributed by atoms with E-state index in [1.54, 1.807) is 6.92 Å². The van der Waals surface area contributed by atoms with Gasteiger partial charge < -0.3 is 14.6 Å². The fraction of sp³-hybridized carbons (Fsp3) is 0.750.